The standard InChI is InChI=1S/C23H41N2/c1-6-25(7-2)19-15-12-18(13-16-19)14-17-22-23(3,4)20-10-8-9-11-21(20)24(22)5/h14,17-21H,6-13,15-16H2,1-5H3/q+1/b17-14+. The van der Waals surface area contributed by atoms with E-state index < -0.39 is 0 Å². The summed E-state index contributed by atoms with van der Waals surface area (Å²) in [5.74, 6) is 1.66. The SMILES string of the molecule is CCN(CC)C1CCC(/C=C/C2=[N+](C)C3CCCCC3C2(C)C)CC1. The summed E-state index contributed by atoms with van der Waals surface area (Å²) in [4.78, 5) is 2.66. The van der Waals surface area contributed by atoms with Crippen LogP contribution >= 0.6 is 0 Å². The molecule has 0 bridgehead atoms. The molecule has 142 valence electrons. The van der Waals surface area contributed by atoms with E-state index in [9.17, 15) is 0 Å². The number of fused-ring (bicyclic) bond motifs is 1. The number of rotatable bonds is 5. The third-order valence-corrected chi connectivity index (χ3v) is 7.79. The third kappa shape index (κ3) is 3.75. The summed E-state index contributed by atoms with van der Waals surface area (Å²) >= 11 is 0. The largest absolute Gasteiger partial charge is 0.301 e. The highest BCUT2D eigenvalue weighted by molar-refractivity contribution is 5.96. The molecule has 3 rings (SSSR count). The molecule has 1 heterocycles. The Morgan fingerprint density at radius 1 is 1.00 bits per heavy atom. The maximum atomic E-state index is 2.66. The van der Waals surface area contributed by atoms with Gasteiger partial charge in [0.2, 0.25) is 0 Å². The number of nitrogens with zero attached hydrogens (tertiary/aromatic N) is 2. The molecule has 2 atom stereocenters. The molecule has 3 aliphatic rings. The topological polar surface area (TPSA) is 6.25 Å². The molecule has 2 fully saturated rings. The molecule has 2 nitrogen and oxygen atoms in total. The first-order valence-corrected chi connectivity index (χ1v) is 11.0. The van der Waals surface area contributed by atoms with Crippen LogP contribution in [0.1, 0.15) is 79.1 Å². The average molecular weight is 346 g/mol. The second-order valence-electron chi connectivity index (χ2n) is 9.33. The van der Waals surface area contributed by atoms with Crippen molar-refractivity contribution in [3.8, 4) is 0 Å². The van der Waals surface area contributed by atoms with Crippen LogP contribution in [0.2, 0.25) is 0 Å². The second kappa shape index (κ2) is 7.94. The highest BCUT2D eigenvalue weighted by Gasteiger charge is 2.53. The Hall–Kier alpha value is -0.630. The van der Waals surface area contributed by atoms with E-state index >= 15 is 0 Å². The van der Waals surface area contributed by atoms with Crippen molar-refractivity contribution in [1.29, 1.82) is 0 Å². The Balaban J connectivity index is 1.63. The van der Waals surface area contributed by atoms with Crippen LogP contribution in [0.4, 0.5) is 0 Å². The molecule has 25 heavy (non-hydrogen) atoms. The molecule has 0 aromatic rings. The lowest BCUT2D eigenvalue weighted by Crippen LogP contribution is -2.37. The van der Waals surface area contributed by atoms with Crippen LogP contribution in [0, 0.1) is 17.3 Å². The van der Waals surface area contributed by atoms with Gasteiger partial charge in [-0.25, -0.2) is 4.58 Å². The fraction of sp³-hybridized carbons (Fsp3) is 0.870. The molecule has 0 spiro atoms. The lowest BCUT2D eigenvalue weighted by atomic mass is 9.69. The van der Waals surface area contributed by atoms with Gasteiger partial charge in [-0.2, -0.15) is 0 Å². The molecule has 2 saturated carbocycles. The highest BCUT2D eigenvalue weighted by Crippen LogP contribution is 2.45. The zero-order valence-electron chi connectivity index (χ0n) is 17.4. The second-order valence-corrected chi connectivity index (χ2v) is 9.33. The smallest absolute Gasteiger partial charge is 0.181 e. The lowest BCUT2D eigenvalue weighted by Gasteiger charge is -2.35. The fourth-order valence-electron chi connectivity index (χ4n) is 6.20. The number of allylic oxidation sites excluding steroid dienone is 2. The number of hydrogen-bond donors (Lipinski definition) is 0. The van der Waals surface area contributed by atoms with Gasteiger partial charge < -0.3 is 4.90 Å². The summed E-state index contributed by atoms with van der Waals surface area (Å²) in [6.07, 6.45) is 16.3. The maximum Gasteiger partial charge on any atom is 0.181 e. The van der Waals surface area contributed by atoms with Crippen molar-refractivity contribution in [1.82, 2.24) is 4.90 Å². The fourth-order valence-corrected chi connectivity index (χ4v) is 6.20. The van der Waals surface area contributed by atoms with Crippen molar-refractivity contribution in [3.63, 3.8) is 0 Å². The van der Waals surface area contributed by atoms with Crippen LogP contribution in [-0.4, -0.2) is 47.4 Å². The van der Waals surface area contributed by atoms with Gasteiger partial charge in [0, 0.05) is 24.5 Å². The van der Waals surface area contributed by atoms with Gasteiger partial charge in [-0.05, 0) is 71.4 Å². The van der Waals surface area contributed by atoms with E-state index in [1.807, 2.05) is 0 Å². The van der Waals surface area contributed by atoms with E-state index in [0.29, 0.717) is 5.41 Å². The minimum atomic E-state index is 0.356. The van der Waals surface area contributed by atoms with Crippen LogP contribution in [0.3, 0.4) is 0 Å². The van der Waals surface area contributed by atoms with Crippen molar-refractivity contribution >= 4 is 5.71 Å². The monoisotopic (exact) mass is 345 g/mol. The van der Waals surface area contributed by atoms with Crippen molar-refractivity contribution in [2.75, 3.05) is 20.1 Å². The molecule has 0 radical (unpaired) electrons. The zero-order chi connectivity index (χ0) is 18.0. The van der Waals surface area contributed by atoms with Crippen LogP contribution in [0.15, 0.2) is 12.2 Å². The van der Waals surface area contributed by atoms with E-state index in [-0.39, 0.29) is 0 Å². The van der Waals surface area contributed by atoms with E-state index in [4.69, 9.17) is 0 Å². The summed E-state index contributed by atoms with van der Waals surface area (Å²) in [7, 11) is 2.36. The zero-order valence-corrected chi connectivity index (χ0v) is 17.4. The molecule has 0 saturated heterocycles. The van der Waals surface area contributed by atoms with Crippen LogP contribution in [0.5, 0.6) is 0 Å². The van der Waals surface area contributed by atoms with Gasteiger partial charge in [0.1, 0.15) is 7.05 Å². The van der Waals surface area contributed by atoms with Gasteiger partial charge >= 0.3 is 0 Å². The Bertz CT molecular complexity index is 504. The molecule has 0 amide bonds. The quantitative estimate of drug-likeness (QED) is 0.626. The van der Waals surface area contributed by atoms with Gasteiger partial charge in [0.15, 0.2) is 11.8 Å². The lowest BCUT2D eigenvalue weighted by molar-refractivity contribution is -0.538. The molecule has 1 aliphatic heterocycles. The van der Waals surface area contributed by atoms with Crippen LogP contribution < -0.4 is 0 Å². The highest BCUT2D eigenvalue weighted by atomic mass is 15.1. The predicted octanol–water partition coefficient (Wildman–Crippen LogP) is 5.13. The molecule has 0 aromatic carbocycles. The minimum absolute atomic E-state index is 0.356. The van der Waals surface area contributed by atoms with Crippen LogP contribution in [0.25, 0.3) is 0 Å². The normalized spacial score (nSPS) is 35.6. The van der Waals surface area contributed by atoms with Gasteiger partial charge in [0.25, 0.3) is 0 Å². The third-order valence-electron chi connectivity index (χ3n) is 7.79. The first kappa shape index (κ1) is 19.1. The van der Waals surface area contributed by atoms with E-state index in [2.05, 4.69) is 56.4 Å². The van der Waals surface area contributed by atoms with Gasteiger partial charge in [0.05, 0.1) is 5.41 Å². The Kier molecular flexibility index (Phi) is 6.08. The summed E-state index contributed by atoms with van der Waals surface area (Å²) < 4.78 is 2.64. The average Bonchev–Trinajstić information content (AvgIpc) is 2.82. The molecule has 0 N–H and O–H groups in total. The Morgan fingerprint density at radius 3 is 2.24 bits per heavy atom. The number of hydrogen-bond acceptors (Lipinski definition) is 1. The minimum Gasteiger partial charge on any atom is -0.301 e. The van der Waals surface area contributed by atoms with Gasteiger partial charge in [-0.15, -0.1) is 0 Å². The predicted molar refractivity (Wildman–Crippen MR) is 109 cm³/mol. The summed E-state index contributed by atoms with van der Waals surface area (Å²) in [6, 6.07) is 1.63. The maximum absolute atomic E-state index is 2.66. The summed E-state index contributed by atoms with van der Waals surface area (Å²) in [5, 5.41) is 0. The Labute approximate surface area is 156 Å². The Morgan fingerprint density at radius 2 is 1.64 bits per heavy atom. The molecular weight excluding hydrogens is 304 g/mol. The summed E-state index contributed by atoms with van der Waals surface area (Å²) in [5.41, 5.74) is 1.96. The molecule has 0 aromatic heterocycles. The van der Waals surface area contributed by atoms with Gasteiger partial charge in [-0.1, -0.05) is 26.3 Å². The van der Waals surface area contributed by atoms with Crippen molar-refractivity contribution in [3.05, 3.63) is 12.2 Å². The molecule has 2 unspecified atom stereocenters. The molecule has 2 heteroatoms. The van der Waals surface area contributed by atoms with Gasteiger partial charge in [-0.3, -0.25) is 0 Å². The van der Waals surface area contributed by atoms with E-state index in [1.165, 1.54) is 64.5 Å². The van der Waals surface area contributed by atoms with E-state index in [0.717, 1.165) is 23.9 Å². The van der Waals surface area contributed by atoms with Crippen molar-refractivity contribution in [2.24, 2.45) is 17.3 Å². The summed E-state index contributed by atoms with van der Waals surface area (Å²) in [6.45, 7) is 12.0. The van der Waals surface area contributed by atoms with Crippen molar-refractivity contribution < 1.29 is 4.58 Å². The molecular formula is C23H41N2+. The van der Waals surface area contributed by atoms with Crippen molar-refractivity contribution in [2.45, 2.75) is 91.1 Å². The van der Waals surface area contributed by atoms with Crippen LogP contribution in [-0.2, 0) is 0 Å². The van der Waals surface area contributed by atoms with E-state index in [1.54, 1.807) is 5.71 Å². The first-order chi connectivity index (χ1) is 12.0. The molecule has 2 aliphatic carbocycles. The first-order valence-electron chi connectivity index (χ1n) is 11.0.